The summed E-state index contributed by atoms with van der Waals surface area (Å²) in [5.41, 5.74) is -0.264. The molecular weight excluding hydrogens is 151 g/mol. The van der Waals surface area contributed by atoms with Crippen molar-refractivity contribution in [1.29, 1.82) is 0 Å². The molecule has 2 atom stereocenters. The molecule has 0 aromatic heterocycles. The molecule has 0 spiro atoms. The predicted molar refractivity (Wildman–Crippen MR) is 44.2 cm³/mol. The van der Waals surface area contributed by atoms with Crippen molar-refractivity contribution in [2.45, 2.75) is 25.9 Å². The molecule has 0 rings (SSSR count). The molecule has 0 amide bonds. The van der Waals surface area contributed by atoms with Crippen LogP contribution in [0.25, 0.3) is 0 Å². The Morgan fingerprint density at radius 1 is 1.60 bits per heavy atom. The van der Waals surface area contributed by atoms with Gasteiger partial charge in [0.1, 0.15) is 0 Å². The van der Waals surface area contributed by atoms with Crippen molar-refractivity contribution in [3.8, 4) is 0 Å². The second-order valence-corrected chi connectivity index (χ2v) is 2.47. The van der Waals surface area contributed by atoms with Crippen LogP contribution >= 0.6 is 9.24 Å². The maximum atomic E-state index is 9.91. The summed E-state index contributed by atoms with van der Waals surface area (Å²) in [6, 6.07) is 0. The van der Waals surface area contributed by atoms with E-state index in [4.69, 9.17) is 10.2 Å². The van der Waals surface area contributed by atoms with E-state index in [9.17, 15) is 4.79 Å². The van der Waals surface area contributed by atoms with Gasteiger partial charge < -0.3 is 10.2 Å². The van der Waals surface area contributed by atoms with Crippen molar-refractivity contribution in [2.75, 3.05) is 6.61 Å². The highest BCUT2D eigenvalue weighted by atomic mass is 31.0. The first-order valence-corrected chi connectivity index (χ1v) is 3.86. The van der Waals surface area contributed by atoms with Crippen LogP contribution in [0.5, 0.6) is 0 Å². The molecule has 0 heterocycles. The maximum Gasteiger partial charge on any atom is 0.310 e. The third-order valence-electron chi connectivity index (χ3n) is 0.757. The van der Waals surface area contributed by atoms with Crippen molar-refractivity contribution in [1.82, 2.24) is 0 Å². The first kappa shape index (κ1) is 12.5. The van der Waals surface area contributed by atoms with Crippen LogP contribution in [0.2, 0.25) is 0 Å². The van der Waals surface area contributed by atoms with Gasteiger partial charge >= 0.3 is 5.97 Å². The Hall–Kier alpha value is -0.140. The van der Waals surface area contributed by atoms with Gasteiger partial charge in [0, 0.05) is 6.61 Å². The zero-order chi connectivity index (χ0) is 8.57. The van der Waals surface area contributed by atoms with Crippen LogP contribution < -0.4 is 0 Å². The van der Waals surface area contributed by atoms with Gasteiger partial charge in [0.05, 0.1) is 5.66 Å². The molecule has 10 heavy (non-hydrogen) atoms. The fraction of sp³-hybridized carbons (Fsp3) is 0.833. The monoisotopic (exact) mass is 166 g/mol. The number of aliphatic carboxylic acids is 1. The number of hydrogen-bond donors (Lipinski definition) is 2. The summed E-state index contributed by atoms with van der Waals surface area (Å²) in [4.78, 5) is 9.91. The van der Waals surface area contributed by atoms with Crippen LogP contribution in [0.1, 0.15) is 20.3 Å². The van der Waals surface area contributed by atoms with Gasteiger partial charge in [0.2, 0.25) is 0 Å². The Bertz CT molecular complexity index is 85.1. The lowest BCUT2D eigenvalue weighted by atomic mass is 10.3. The van der Waals surface area contributed by atoms with E-state index < -0.39 is 5.97 Å². The van der Waals surface area contributed by atoms with Crippen molar-refractivity contribution in [3.05, 3.63) is 0 Å². The third-order valence-corrected chi connectivity index (χ3v) is 1.51. The van der Waals surface area contributed by atoms with E-state index in [0.717, 1.165) is 0 Å². The van der Waals surface area contributed by atoms with Crippen molar-refractivity contribution in [2.24, 2.45) is 0 Å². The zero-order valence-corrected chi connectivity index (χ0v) is 7.53. The molecule has 0 saturated carbocycles. The van der Waals surface area contributed by atoms with Crippen LogP contribution in [-0.4, -0.2) is 28.4 Å². The largest absolute Gasteiger partial charge is 0.481 e. The van der Waals surface area contributed by atoms with Crippen molar-refractivity contribution in [3.63, 3.8) is 0 Å². The molecule has 4 heteroatoms. The topological polar surface area (TPSA) is 57.5 Å². The van der Waals surface area contributed by atoms with E-state index in [-0.39, 0.29) is 12.3 Å². The van der Waals surface area contributed by atoms with Gasteiger partial charge in [-0.25, -0.2) is 0 Å². The number of hydrogen-bond acceptors (Lipinski definition) is 2. The van der Waals surface area contributed by atoms with E-state index >= 15 is 0 Å². The fourth-order valence-electron chi connectivity index (χ4n) is 0.175. The van der Waals surface area contributed by atoms with Gasteiger partial charge in [-0.3, -0.25) is 4.79 Å². The molecule has 0 bridgehead atoms. The first-order valence-electron chi connectivity index (χ1n) is 3.19. The molecule has 0 saturated heterocycles. The molecule has 0 aromatic rings. The third kappa shape index (κ3) is 10.8. The molecule has 2 unspecified atom stereocenters. The van der Waals surface area contributed by atoms with Gasteiger partial charge in [-0.15, -0.1) is 9.24 Å². The van der Waals surface area contributed by atoms with E-state index in [1.807, 2.05) is 6.92 Å². The van der Waals surface area contributed by atoms with E-state index in [2.05, 4.69) is 9.24 Å². The van der Waals surface area contributed by atoms with Crippen LogP contribution in [0.3, 0.4) is 0 Å². The average Bonchev–Trinajstić information content (AvgIpc) is 1.88. The van der Waals surface area contributed by atoms with Crippen molar-refractivity contribution >= 4 is 15.2 Å². The number of rotatable bonds is 2. The minimum atomic E-state index is -0.743. The van der Waals surface area contributed by atoms with E-state index in [1.54, 1.807) is 6.92 Å². The highest BCUT2D eigenvalue weighted by molar-refractivity contribution is 7.19. The summed E-state index contributed by atoms with van der Waals surface area (Å²) in [5.74, 6) is -0.743. The van der Waals surface area contributed by atoms with Gasteiger partial charge in [0.25, 0.3) is 0 Å². The number of aliphatic hydroxyl groups excluding tert-OH is 1. The molecule has 2 N–H and O–H groups in total. The van der Waals surface area contributed by atoms with E-state index in [0.29, 0.717) is 6.42 Å². The lowest BCUT2D eigenvalue weighted by Gasteiger charge is -1.96. The molecule has 0 aliphatic rings. The van der Waals surface area contributed by atoms with Gasteiger partial charge in [0.15, 0.2) is 0 Å². The zero-order valence-electron chi connectivity index (χ0n) is 6.37. The van der Waals surface area contributed by atoms with Gasteiger partial charge in [-0.2, -0.15) is 0 Å². The highest BCUT2D eigenvalue weighted by Crippen LogP contribution is 2.02. The van der Waals surface area contributed by atoms with Crippen molar-refractivity contribution < 1.29 is 15.0 Å². The average molecular weight is 166 g/mol. The lowest BCUT2D eigenvalue weighted by Crippen LogP contribution is -2.09. The predicted octanol–water partition coefficient (Wildman–Crippen LogP) is 0.723. The smallest absolute Gasteiger partial charge is 0.310 e. The Labute approximate surface area is 63.6 Å². The Morgan fingerprint density at radius 2 is 1.90 bits per heavy atom. The first-order chi connectivity index (χ1) is 4.59. The summed E-state index contributed by atoms with van der Waals surface area (Å²) in [6.45, 7) is 3.77. The second-order valence-electron chi connectivity index (χ2n) is 1.67. The molecule has 0 radical (unpaired) electrons. The van der Waals surface area contributed by atoms with Crippen LogP contribution in [-0.2, 0) is 4.79 Å². The minimum Gasteiger partial charge on any atom is -0.481 e. The standard InChI is InChI=1S/C4H9O2P.C2H6O/c1-2-3(7)4(5)6;1-2-3/h3H,2,7H2,1H3,(H,5,6);3H,2H2,1H3. The second kappa shape index (κ2) is 8.86. The molecule has 0 aliphatic heterocycles. The number of carboxylic acids is 1. The van der Waals surface area contributed by atoms with Gasteiger partial charge in [-0.05, 0) is 13.3 Å². The normalized spacial score (nSPS) is 11.2. The molecule has 0 aliphatic carbocycles. The molecular formula is C6H15O3P. The summed E-state index contributed by atoms with van der Waals surface area (Å²) < 4.78 is 0. The molecule has 62 valence electrons. The van der Waals surface area contributed by atoms with Crippen LogP contribution in [0.4, 0.5) is 0 Å². The Morgan fingerprint density at radius 3 is 1.90 bits per heavy atom. The molecule has 3 nitrogen and oxygen atoms in total. The number of aliphatic hydroxyl groups is 1. The number of carboxylic acid groups (broad SMARTS) is 1. The quantitative estimate of drug-likeness (QED) is 0.594. The Kier molecular flexibility index (Phi) is 11.1. The number of carbonyl (C=O) groups is 1. The van der Waals surface area contributed by atoms with Crippen LogP contribution in [0.15, 0.2) is 0 Å². The van der Waals surface area contributed by atoms with Gasteiger partial charge in [-0.1, -0.05) is 6.92 Å². The lowest BCUT2D eigenvalue weighted by molar-refractivity contribution is -0.136. The minimum absolute atomic E-state index is 0.250. The summed E-state index contributed by atoms with van der Waals surface area (Å²) >= 11 is 0. The summed E-state index contributed by atoms with van der Waals surface area (Å²) in [6.07, 6.45) is 0.681. The molecule has 0 aromatic carbocycles. The SMILES string of the molecule is CCC(P)C(=O)O.CCO. The Balaban J connectivity index is 0. The summed E-state index contributed by atoms with van der Waals surface area (Å²) in [5, 5.41) is 15.7. The maximum absolute atomic E-state index is 9.91. The fourth-order valence-corrected chi connectivity index (χ4v) is 0.175. The van der Waals surface area contributed by atoms with E-state index in [1.165, 1.54) is 0 Å². The highest BCUT2D eigenvalue weighted by Gasteiger charge is 2.05. The molecule has 0 fully saturated rings. The van der Waals surface area contributed by atoms with Crippen LogP contribution in [0, 0.1) is 0 Å². The summed E-state index contributed by atoms with van der Waals surface area (Å²) in [7, 11) is 2.25.